The van der Waals surface area contributed by atoms with Crippen LogP contribution in [0.4, 0.5) is 5.69 Å². The number of fused-ring (bicyclic) bond motifs is 2. The van der Waals surface area contributed by atoms with Crippen molar-refractivity contribution >= 4 is 44.1 Å². The fraction of sp³-hybridized carbons (Fsp3) is 0.0800. The third kappa shape index (κ3) is 4.11. The highest BCUT2D eigenvalue weighted by Crippen LogP contribution is 2.31. The van der Waals surface area contributed by atoms with Gasteiger partial charge < -0.3 is 10.1 Å². The second-order valence-corrected chi connectivity index (χ2v) is 8.21. The lowest BCUT2D eigenvalue weighted by Crippen LogP contribution is -2.20. The van der Waals surface area contributed by atoms with E-state index in [0.717, 1.165) is 43.1 Å². The summed E-state index contributed by atoms with van der Waals surface area (Å²) in [5, 5.41) is 4.80. The minimum Gasteiger partial charge on any atom is -0.484 e. The van der Waals surface area contributed by atoms with Crippen LogP contribution in [0.15, 0.2) is 78.9 Å². The number of carbonyl (C=O) groups excluding carboxylic acids is 1. The van der Waals surface area contributed by atoms with Gasteiger partial charge >= 0.3 is 0 Å². The summed E-state index contributed by atoms with van der Waals surface area (Å²) in [6.07, 6.45) is 0. The van der Waals surface area contributed by atoms with Crippen LogP contribution in [-0.4, -0.2) is 22.5 Å². The predicted octanol–water partition coefficient (Wildman–Crippen LogP) is 5.84. The smallest absolute Gasteiger partial charge is 0.262 e. The van der Waals surface area contributed by atoms with Crippen LogP contribution < -0.4 is 10.1 Å². The lowest BCUT2D eigenvalue weighted by Gasteiger charge is -2.11. The molecule has 0 radical (unpaired) electrons. The molecule has 5 aromatic rings. The number of benzene rings is 3. The molecule has 0 bridgehead atoms. The van der Waals surface area contributed by atoms with Crippen LogP contribution in [0.3, 0.4) is 0 Å². The number of hydrogen-bond acceptors (Lipinski definition) is 5. The normalized spacial score (nSPS) is 11.0. The van der Waals surface area contributed by atoms with E-state index >= 15 is 0 Å². The van der Waals surface area contributed by atoms with Crippen molar-refractivity contribution in [1.82, 2.24) is 9.97 Å². The summed E-state index contributed by atoms with van der Waals surface area (Å²) in [5.74, 6) is 0.418. The zero-order valence-electron chi connectivity index (χ0n) is 16.8. The Morgan fingerprint density at radius 3 is 2.48 bits per heavy atom. The molecule has 0 fully saturated rings. The van der Waals surface area contributed by atoms with Gasteiger partial charge in [0.1, 0.15) is 10.8 Å². The van der Waals surface area contributed by atoms with Crippen LogP contribution in [-0.2, 0) is 4.79 Å². The Morgan fingerprint density at radius 1 is 0.935 bits per heavy atom. The second-order valence-electron chi connectivity index (χ2n) is 7.18. The molecule has 0 aliphatic carbocycles. The lowest BCUT2D eigenvalue weighted by atomic mass is 10.1. The molecule has 5 rings (SSSR count). The third-order valence-corrected chi connectivity index (χ3v) is 5.97. The molecular weight excluding hydrogens is 406 g/mol. The molecule has 152 valence electrons. The molecule has 0 saturated heterocycles. The molecule has 0 aliphatic heterocycles. The van der Waals surface area contributed by atoms with Crippen molar-refractivity contribution in [2.24, 2.45) is 0 Å². The van der Waals surface area contributed by atoms with Crippen LogP contribution in [0.25, 0.3) is 31.7 Å². The van der Waals surface area contributed by atoms with Crippen LogP contribution in [0.1, 0.15) is 5.69 Å². The van der Waals surface area contributed by atoms with Gasteiger partial charge in [-0.3, -0.25) is 9.78 Å². The van der Waals surface area contributed by atoms with Gasteiger partial charge in [0.05, 0.1) is 21.4 Å². The minimum atomic E-state index is -0.217. The number of amides is 1. The van der Waals surface area contributed by atoms with Crippen molar-refractivity contribution < 1.29 is 9.53 Å². The van der Waals surface area contributed by atoms with Crippen molar-refractivity contribution in [3.05, 3.63) is 84.6 Å². The Kier molecular flexibility index (Phi) is 5.06. The first-order valence-electron chi connectivity index (χ1n) is 9.91. The number of aromatic nitrogens is 2. The maximum atomic E-state index is 12.5. The molecule has 0 aliphatic rings. The first kappa shape index (κ1) is 19.2. The number of rotatable bonds is 5. The summed E-state index contributed by atoms with van der Waals surface area (Å²) in [4.78, 5) is 21.6. The van der Waals surface area contributed by atoms with Gasteiger partial charge in [-0.15, -0.1) is 11.3 Å². The predicted molar refractivity (Wildman–Crippen MR) is 126 cm³/mol. The second kappa shape index (κ2) is 8.16. The van der Waals surface area contributed by atoms with E-state index in [1.54, 1.807) is 11.3 Å². The average Bonchev–Trinajstić information content (AvgIpc) is 3.22. The van der Waals surface area contributed by atoms with Gasteiger partial charge in [-0.2, -0.15) is 0 Å². The highest BCUT2D eigenvalue weighted by Gasteiger charge is 2.10. The fourth-order valence-corrected chi connectivity index (χ4v) is 4.41. The van der Waals surface area contributed by atoms with E-state index in [2.05, 4.69) is 21.4 Å². The molecule has 2 aromatic heterocycles. The Morgan fingerprint density at radius 2 is 1.68 bits per heavy atom. The first-order chi connectivity index (χ1) is 15.2. The van der Waals surface area contributed by atoms with Gasteiger partial charge in [0.25, 0.3) is 5.91 Å². The van der Waals surface area contributed by atoms with E-state index in [1.165, 1.54) is 0 Å². The largest absolute Gasteiger partial charge is 0.484 e. The van der Waals surface area contributed by atoms with Crippen molar-refractivity contribution in [2.75, 3.05) is 11.9 Å². The number of aryl methyl sites for hydroxylation is 1. The standard InChI is InChI=1S/C25H19N3O2S/c1-16-14-22(19-6-2-3-7-20(19)26-16)27-24(29)15-30-18-12-10-17(11-13-18)25-28-21-8-4-5-9-23(21)31-25/h2-14H,15H2,1H3,(H,26,27,29). The maximum absolute atomic E-state index is 12.5. The van der Waals surface area contributed by atoms with E-state index in [9.17, 15) is 4.79 Å². The monoisotopic (exact) mass is 425 g/mol. The third-order valence-electron chi connectivity index (χ3n) is 4.88. The van der Waals surface area contributed by atoms with Crippen LogP contribution >= 0.6 is 11.3 Å². The van der Waals surface area contributed by atoms with Gasteiger partial charge in [-0.25, -0.2) is 4.98 Å². The van der Waals surface area contributed by atoms with Crippen molar-refractivity contribution in [1.29, 1.82) is 0 Å². The highest BCUT2D eigenvalue weighted by molar-refractivity contribution is 7.21. The lowest BCUT2D eigenvalue weighted by molar-refractivity contribution is -0.118. The van der Waals surface area contributed by atoms with E-state index in [4.69, 9.17) is 4.74 Å². The van der Waals surface area contributed by atoms with Gasteiger partial charge in [-0.05, 0) is 55.5 Å². The number of pyridine rings is 1. The van der Waals surface area contributed by atoms with Crippen LogP contribution in [0.2, 0.25) is 0 Å². The maximum Gasteiger partial charge on any atom is 0.262 e. The van der Waals surface area contributed by atoms with Gasteiger partial charge in [0.15, 0.2) is 6.61 Å². The number of anilines is 1. The molecule has 2 heterocycles. The van der Waals surface area contributed by atoms with E-state index in [1.807, 2.05) is 79.7 Å². The number of thiazole rings is 1. The molecule has 0 spiro atoms. The van der Waals surface area contributed by atoms with Crippen LogP contribution in [0.5, 0.6) is 5.75 Å². The summed E-state index contributed by atoms with van der Waals surface area (Å²) < 4.78 is 6.85. The molecule has 0 atom stereocenters. The SMILES string of the molecule is Cc1cc(NC(=O)COc2ccc(-c3nc4ccccc4s3)cc2)c2ccccc2n1. The van der Waals surface area contributed by atoms with Gasteiger partial charge in [0, 0.05) is 16.6 Å². The molecule has 1 amide bonds. The molecule has 3 aromatic carbocycles. The summed E-state index contributed by atoms with van der Waals surface area (Å²) in [6.45, 7) is 1.84. The molecule has 31 heavy (non-hydrogen) atoms. The quantitative estimate of drug-likeness (QED) is 0.384. The Balaban J connectivity index is 1.25. The van der Waals surface area contributed by atoms with Gasteiger partial charge in [-0.1, -0.05) is 30.3 Å². The minimum absolute atomic E-state index is 0.0732. The highest BCUT2D eigenvalue weighted by atomic mass is 32.1. The topological polar surface area (TPSA) is 64.1 Å². The number of para-hydroxylation sites is 2. The summed E-state index contributed by atoms with van der Waals surface area (Å²) >= 11 is 1.66. The number of nitrogens with zero attached hydrogens (tertiary/aromatic N) is 2. The summed E-state index contributed by atoms with van der Waals surface area (Å²) in [6, 6.07) is 25.3. The van der Waals surface area contributed by atoms with Crippen molar-refractivity contribution in [3.63, 3.8) is 0 Å². The van der Waals surface area contributed by atoms with E-state index in [-0.39, 0.29) is 12.5 Å². The molecular formula is C25H19N3O2S. The molecule has 5 nitrogen and oxygen atoms in total. The average molecular weight is 426 g/mol. The van der Waals surface area contributed by atoms with Crippen molar-refractivity contribution in [3.8, 4) is 16.3 Å². The Labute approximate surface area is 183 Å². The zero-order valence-corrected chi connectivity index (χ0v) is 17.6. The first-order valence-corrected chi connectivity index (χ1v) is 10.7. The number of ether oxygens (including phenoxy) is 1. The van der Waals surface area contributed by atoms with E-state index < -0.39 is 0 Å². The van der Waals surface area contributed by atoms with Crippen LogP contribution in [0, 0.1) is 6.92 Å². The Hall–Kier alpha value is -3.77. The number of nitrogens with one attached hydrogen (secondary N) is 1. The molecule has 6 heteroatoms. The summed E-state index contributed by atoms with van der Waals surface area (Å²) in [5.41, 5.74) is 4.46. The molecule has 0 unspecified atom stereocenters. The van der Waals surface area contributed by atoms with E-state index in [0.29, 0.717) is 5.75 Å². The fourth-order valence-electron chi connectivity index (χ4n) is 3.44. The number of carbonyl (C=O) groups is 1. The zero-order chi connectivity index (χ0) is 21.2. The van der Waals surface area contributed by atoms with Crippen molar-refractivity contribution in [2.45, 2.75) is 6.92 Å². The Bertz CT molecular complexity index is 1360. The molecule has 1 N–H and O–H groups in total. The molecule has 0 saturated carbocycles. The van der Waals surface area contributed by atoms with Gasteiger partial charge in [0.2, 0.25) is 0 Å². The summed E-state index contributed by atoms with van der Waals surface area (Å²) in [7, 11) is 0. The number of hydrogen-bond donors (Lipinski definition) is 1.